The largest absolute Gasteiger partial charge is 0.496 e. The highest BCUT2D eigenvalue weighted by molar-refractivity contribution is 5.76. The minimum atomic E-state index is -0.650. The Morgan fingerprint density at radius 3 is 2.70 bits per heavy atom. The summed E-state index contributed by atoms with van der Waals surface area (Å²) in [7, 11) is 3.37. The van der Waals surface area contributed by atoms with Crippen LogP contribution in [0, 0.1) is 0 Å². The molecule has 1 unspecified atom stereocenters. The highest BCUT2D eigenvalue weighted by Crippen LogP contribution is 2.28. The van der Waals surface area contributed by atoms with Gasteiger partial charge >= 0.3 is 5.69 Å². The van der Waals surface area contributed by atoms with Crippen LogP contribution in [0.2, 0.25) is 0 Å². The molecule has 0 aliphatic carbocycles. The molecule has 0 saturated carbocycles. The van der Waals surface area contributed by atoms with Crippen LogP contribution in [-0.2, 0) is 18.4 Å². The van der Waals surface area contributed by atoms with Crippen molar-refractivity contribution in [3.05, 3.63) is 81.1 Å². The van der Waals surface area contributed by atoms with E-state index in [9.17, 15) is 14.4 Å². The number of ether oxygens (including phenoxy) is 1. The summed E-state index contributed by atoms with van der Waals surface area (Å²) in [5, 5.41) is 2.89. The lowest BCUT2D eigenvalue weighted by Gasteiger charge is -2.21. The number of benzene rings is 1. The van der Waals surface area contributed by atoms with Gasteiger partial charge in [0.05, 0.1) is 7.11 Å². The maximum atomic E-state index is 12.6. The van der Waals surface area contributed by atoms with Crippen LogP contribution in [0.1, 0.15) is 17.4 Å². The van der Waals surface area contributed by atoms with Gasteiger partial charge in [-0.3, -0.25) is 19.1 Å². The summed E-state index contributed by atoms with van der Waals surface area (Å²) in [6, 6.07) is 7.91. The third-order valence-electron chi connectivity index (χ3n) is 4.08. The lowest BCUT2D eigenvalue weighted by Crippen LogP contribution is -2.38. The highest BCUT2D eigenvalue weighted by atomic mass is 16.5. The molecule has 2 heterocycles. The van der Waals surface area contributed by atoms with Crippen LogP contribution >= 0.6 is 0 Å². The third-order valence-corrected chi connectivity index (χ3v) is 4.08. The second-order valence-corrected chi connectivity index (χ2v) is 5.88. The first kappa shape index (κ1) is 18.2. The number of methoxy groups -OCH3 is 1. The molecule has 0 saturated heterocycles. The zero-order valence-electron chi connectivity index (χ0n) is 14.9. The van der Waals surface area contributed by atoms with Gasteiger partial charge in [-0.1, -0.05) is 18.2 Å². The molecule has 3 rings (SSSR count). The molecule has 2 aromatic heterocycles. The number of aromatic nitrogens is 4. The van der Waals surface area contributed by atoms with Crippen LogP contribution in [0.15, 0.2) is 58.5 Å². The van der Waals surface area contributed by atoms with E-state index in [1.165, 1.54) is 12.3 Å². The first-order valence-electron chi connectivity index (χ1n) is 8.19. The number of imidazole rings is 1. The Bertz CT molecular complexity index is 1070. The van der Waals surface area contributed by atoms with Gasteiger partial charge in [0.15, 0.2) is 0 Å². The topological polar surface area (TPSA) is 111 Å². The minimum absolute atomic E-state index is 0.244. The fourth-order valence-electron chi connectivity index (χ4n) is 2.77. The number of carbonyl (C=O) groups excluding carboxylic acids is 1. The van der Waals surface area contributed by atoms with Gasteiger partial charge in [0.25, 0.3) is 5.56 Å². The zero-order valence-corrected chi connectivity index (χ0v) is 14.9. The van der Waals surface area contributed by atoms with E-state index in [2.05, 4.69) is 15.3 Å². The van der Waals surface area contributed by atoms with Gasteiger partial charge in [0, 0.05) is 37.3 Å². The Labute approximate surface area is 154 Å². The Balaban J connectivity index is 1.92. The summed E-state index contributed by atoms with van der Waals surface area (Å²) in [5.74, 6) is 0.803. The molecule has 0 bridgehead atoms. The smallest absolute Gasteiger partial charge is 0.328 e. The normalized spacial score (nSPS) is 11.8. The minimum Gasteiger partial charge on any atom is -0.496 e. The van der Waals surface area contributed by atoms with Crippen molar-refractivity contribution in [2.24, 2.45) is 7.05 Å². The van der Waals surface area contributed by atoms with E-state index in [0.717, 1.165) is 10.1 Å². The number of hydrogen-bond donors (Lipinski definition) is 2. The summed E-state index contributed by atoms with van der Waals surface area (Å²) in [4.78, 5) is 42.0. The van der Waals surface area contributed by atoms with Crippen LogP contribution in [0.3, 0.4) is 0 Å². The molecule has 0 fully saturated rings. The van der Waals surface area contributed by atoms with Crippen LogP contribution in [0.25, 0.3) is 0 Å². The number of nitrogens with zero attached hydrogens (tertiary/aromatic N) is 3. The number of aryl methyl sites for hydroxylation is 1. The number of hydrogen-bond acceptors (Lipinski definition) is 5. The number of amides is 1. The van der Waals surface area contributed by atoms with Crippen molar-refractivity contribution in [3.63, 3.8) is 0 Å². The standard InChI is InChI=1S/C18H19N5O4/c1-22-10-8-19-17(22)16(12-5-3-4-6-13(12)27-2)20-15(25)11-23-9-7-14(24)21-18(23)26/h3-10,16H,11H2,1-2H3,(H,20,25)(H,21,24,26). The Hall–Kier alpha value is -3.62. The second-order valence-electron chi connectivity index (χ2n) is 5.88. The maximum absolute atomic E-state index is 12.6. The van der Waals surface area contributed by atoms with Crippen molar-refractivity contribution >= 4 is 5.91 Å². The average Bonchev–Trinajstić information content (AvgIpc) is 3.08. The first-order chi connectivity index (χ1) is 13.0. The Morgan fingerprint density at radius 2 is 2.04 bits per heavy atom. The van der Waals surface area contributed by atoms with Gasteiger partial charge < -0.3 is 14.6 Å². The van der Waals surface area contributed by atoms with E-state index in [1.54, 1.807) is 30.1 Å². The average molecular weight is 369 g/mol. The Morgan fingerprint density at radius 1 is 1.26 bits per heavy atom. The van der Waals surface area contributed by atoms with Crippen molar-refractivity contribution in [2.45, 2.75) is 12.6 Å². The van der Waals surface area contributed by atoms with Gasteiger partial charge in [0.1, 0.15) is 24.2 Å². The lowest BCUT2D eigenvalue weighted by atomic mass is 10.0. The predicted molar refractivity (Wildman–Crippen MR) is 97.5 cm³/mol. The van der Waals surface area contributed by atoms with Crippen molar-refractivity contribution in [2.75, 3.05) is 7.11 Å². The molecule has 0 aliphatic rings. The molecule has 0 spiro atoms. The number of para-hydroxylation sites is 1. The van der Waals surface area contributed by atoms with E-state index in [-0.39, 0.29) is 6.54 Å². The first-order valence-corrected chi connectivity index (χ1v) is 8.19. The van der Waals surface area contributed by atoms with E-state index in [1.807, 2.05) is 25.2 Å². The maximum Gasteiger partial charge on any atom is 0.328 e. The number of nitrogens with one attached hydrogen (secondary N) is 2. The summed E-state index contributed by atoms with van der Waals surface area (Å²) < 4.78 is 8.33. The van der Waals surface area contributed by atoms with Crippen LogP contribution < -0.4 is 21.3 Å². The van der Waals surface area contributed by atoms with Crippen molar-refractivity contribution in [1.29, 1.82) is 0 Å². The molecule has 1 atom stereocenters. The molecule has 1 amide bonds. The molecule has 9 nitrogen and oxygen atoms in total. The molecular formula is C18H19N5O4. The van der Waals surface area contributed by atoms with Gasteiger partial charge in [-0.05, 0) is 6.07 Å². The van der Waals surface area contributed by atoms with Gasteiger partial charge in [-0.25, -0.2) is 9.78 Å². The summed E-state index contributed by atoms with van der Waals surface area (Å²) in [5.41, 5.74) is -0.434. The summed E-state index contributed by atoms with van der Waals surface area (Å²) in [6.45, 7) is -0.244. The monoisotopic (exact) mass is 369 g/mol. The number of H-pyrrole nitrogens is 1. The van der Waals surface area contributed by atoms with E-state index >= 15 is 0 Å². The molecule has 0 aliphatic heterocycles. The lowest BCUT2D eigenvalue weighted by molar-refractivity contribution is -0.122. The van der Waals surface area contributed by atoms with Crippen molar-refractivity contribution < 1.29 is 9.53 Å². The van der Waals surface area contributed by atoms with Crippen LogP contribution in [-0.4, -0.2) is 32.1 Å². The number of rotatable bonds is 6. The number of carbonyl (C=O) groups is 1. The third kappa shape index (κ3) is 3.97. The van der Waals surface area contributed by atoms with E-state index in [0.29, 0.717) is 11.6 Å². The van der Waals surface area contributed by atoms with Crippen LogP contribution in [0.5, 0.6) is 5.75 Å². The molecule has 9 heteroatoms. The van der Waals surface area contributed by atoms with Gasteiger partial charge in [0.2, 0.25) is 5.91 Å². The molecule has 140 valence electrons. The SMILES string of the molecule is COc1ccccc1C(NC(=O)Cn1ccc(=O)[nH]c1=O)c1nccn1C. The molecule has 2 N–H and O–H groups in total. The zero-order chi connectivity index (χ0) is 19.4. The summed E-state index contributed by atoms with van der Waals surface area (Å²) in [6.07, 6.45) is 4.69. The van der Waals surface area contributed by atoms with E-state index < -0.39 is 23.2 Å². The molecule has 0 radical (unpaired) electrons. The quantitative estimate of drug-likeness (QED) is 0.644. The van der Waals surface area contributed by atoms with E-state index in [4.69, 9.17) is 4.74 Å². The van der Waals surface area contributed by atoms with Crippen LogP contribution in [0.4, 0.5) is 0 Å². The molecule has 3 aromatic rings. The predicted octanol–water partition coefficient (Wildman–Crippen LogP) is 0.185. The van der Waals surface area contributed by atoms with Crippen molar-refractivity contribution in [3.8, 4) is 5.75 Å². The fourth-order valence-corrected chi connectivity index (χ4v) is 2.77. The van der Waals surface area contributed by atoms with Crippen molar-refractivity contribution in [1.82, 2.24) is 24.4 Å². The molecule has 27 heavy (non-hydrogen) atoms. The summed E-state index contributed by atoms with van der Waals surface area (Å²) >= 11 is 0. The second kappa shape index (κ2) is 7.73. The molecule has 1 aromatic carbocycles. The fraction of sp³-hybridized carbons (Fsp3) is 0.222. The van der Waals surface area contributed by atoms with Gasteiger partial charge in [-0.15, -0.1) is 0 Å². The Kier molecular flexibility index (Phi) is 5.20. The molecular weight excluding hydrogens is 350 g/mol. The number of aromatic amines is 1. The highest BCUT2D eigenvalue weighted by Gasteiger charge is 2.24. The van der Waals surface area contributed by atoms with Gasteiger partial charge in [-0.2, -0.15) is 0 Å².